The molecule has 2 aromatic rings. The lowest BCUT2D eigenvalue weighted by Crippen LogP contribution is -2.17. The van der Waals surface area contributed by atoms with Crippen LogP contribution >= 0.6 is 35.6 Å². The van der Waals surface area contributed by atoms with Gasteiger partial charge in [0.15, 0.2) is 11.5 Å². The van der Waals surface area contributed by atoms with Gasteiger partial charge >= 0.3 is 0 Å². The summed E-state index contributed by atoms with van der Waals surface area (Å²) in [4.78, 5) is 12.3. The average Bonchev–Trinajstić information content (AvgIpc) is 2.91. The smallest absolute Gasteiger partial charge is 0.263 e. The van der Waals surface area contributed by atoms with Crippen molar-refractivity contribution < 1.29 is 14.3 Å². The molecule has 0 spiro atoms. The van der Waals surface area contributed by atoms with Gasteiger partial charge in [-0.15, -0.1) is 0 Å². The van der Waals surface area contributed by atoms with Gasteiger partial charge in [0.25, 0.3) is 5.91 Å². The quantitative estimate of drug-likeness (QED) is 0.604. The Balaban J connectivity index is 1.85. The van der Waals surface area contributed by atoms with Crippen molar-refractivity contribution in [1.29, 1.82) is 0 Å². The van der Waals surface area contributed by atoms with Gasteiger partial charge in [-0.05, 0) is 29.3 Å². The molecule has 1 saturated heterocycles. The van der Waals surface area contributed by atoms with Crippen LogP contribution in [0.1, 0.15) is 11.1 Å². The lowest BCUT2D eigenvalue weighted by atomic mass is 10.1. The number of halogens is 1. The summed E-state index contributed by atoms with van der Waals surface area (Å²) in [6.07, 6.45) is 1.72. The summed E-state index contributed by atoms with van der Waals surface area (Å²) >= 11 is 12.6. The summed E-state index contributed by atoms with van der Waals surface area (Å²) in [5.41, 5.74) is 1.76. The Morgan fingerprint density at radius 3 is 2.68 bits per heavy atom. The van der Waals surface area contributed by atoms with Gasteiger partial charge in [-0.25, -0.2) is 0 Å². The third kappa shape index (κ3) is 4.34. The van der Waals surface area contributed by atoms with Crippen LogP contribution in [-0.4, -0.2) is 17.3 Å². The van der Waals surface area contributed by atoms with E-state index >= 15 is 0 Å². The van der Waals surface area contributed by atoms with Crippen molar-refractivity contribution in [2.75, 3.05) is 7.11 Å². The Labute approximate surface area is 160 Å². The zero-order valence-electron chi connectivity index (χ0n) is 13.2. The third-order valence-electron chi connectivity index (χ3n) is 3.42. The van der Waals surface area contributed by atoms with E-state index in [1.54, 1.807) is 25.3 Å². The molecule has 0 radical (unpaired) electrons. The van der Waals surface area contributed by atoms with Crippen LogP contribution in [0.4, 0.5) is 0 Å². The molecule has 4 nitrogen and oxygen atoms in total. The van der Waals surface area contributed by atoms with Gasteiger partial charge in [0.1, 0.15) is 10.9 Å². The number of thioether (sulfide) groups is 1. The highest BCUT2D eigenvalue weighted by Crippen LogP contribution is 2.38. The van der Waals surface area contributed by atoms with Crippen LogP contribution in [0.15, 0.2) is 47.4 Å². The number of hydrogen-bond acceptors (Lipinski definition) is 5. The Hall–Kier alpha value is -2.02. The number of amides is 1. The number of carbonyl (C=O) groups excluding carboxylic acids is 1. The number of benzene rings is 2. The highest BCUT2D eigenvalue weighted by Gasteiger charge is 2.22. The van der Waals surface area contributed by atoms with Crippen LogP contribution < -0.4 is 14.8 Å². The van der Waals surface area contributed by atoms with E-state index in [0.717, 1.165) is 11.1 Å². The van der Waals surface area contributed by atoms with Crippen LogP contribution in [-0.2, 0) is 11.4 Å². The molecule has 0 atom stereocenters. The first kappa shape index (κ1) is 17.8. The molecule has 2 aromatic carbocycles. The second-order valence-electron chi connectivity index (χ2n) is 5.16. The second kappa shape index (κ2) is 7.91. The van der Waals surface area contributed by atoms with Crippen LogP contribution in [0.5, 0.6) is 11.5 Å². The molecule has 1 amide bonds. The molecule has 0 aliphatic carbocycles. The number of ether oxygens (including phenoxy) is 2. The standard InChI is InChI=1S/C18H14ClNO3S2/c1-22-14-8-12(9-15-17(21)20-18(24)25-15)7-13(19)16(14)23-10-11-5-3-2-4-6-11/h2-9H,10H2,1H3,(H,20,21,24)/b15-9+. The van der Waals surface area contributed by atoms with Crippen LogP contribution in [0, 0.1) is 0 Å². The van der Waals surface area contributed by atoms with Gasteiger partial charge in [-0.2, -0.15) is 0 Å². The molecular formula is C18H14ClNO3S2. The van der Waals surface area contributed by atoms with E-state index in [1.165, 1.54) is 11.8 Å². The fraction of sp³-hybridized carbons (Fsp3) is 0.111. The maximum atomic E-state index is 11.8. The summed E-state index contributed by atoms with van der Waals surface area (Å²) in [5, 5.41) is 2.99. The van der Waals surface area contributed by atoms with Crippen molar-refractivity contribution in [1.82, 2.24) is 5.32 Å². The minimum Gasteiger partial charge on any atom is -0.493 e. The van der Waals surface area contributed by atoms with Gasteiger partial charge in [0, 0.05) is 0 Å². The number of thiocarbonyl (C=S) groups is 1. The summed E-state index contributed by atoms with van der Waals surface area (Å²) < 4.78 is 11.7. The molecule has 25 heavy (non-hydrogen) atoms. The zero-order chi connectivity index (χ0) is 17.8. The van der Waals surface area contributed by atoms with Gasteiger partial charge < -0.3 is 14.8 Å². The first-order valence-electron chi connectivity index (χ1n) is 7.36. The highest BCUT2D eigenvalue weighted by molar-refractivity contribution is 8.26. The molecule has 0 saturated carbocycles. The van der Waals surface area contributed by atoms with Crippen LogP contribution in [0.25, 0.3) is 6.08 Å². The molecule has 0 bridgehead atoms. The molecule has 7 heteroatoms. The molecule has 1 aliphatic rings. The van der Waals surface area contributed by atoms with Crippen molar-refractivity contribution in [2.24, 2.45) is 0 Å². The topological polar surface area (TPSA) is 47.6 Å². The summed E-state index contributed by atoms with van der Waals surface area (Å²) in [5.74, 6) is 0.755. The van der Waals surface area contributed by atoms with E-state index < -0.39 is 0 Å². The van der Waals surface area contributed by atoms with Crippen molar-refractivity contribution >= 4 is 51.9 Å². The van der Waals surface area contributed by atoms with Gasteiger partial charge in [0.05, 0.1) is 17.0 Å². The molecule has 0 aromatic heterocycles. The molecule has 1 aliphatic heterocycles. The normalized spacial score (nSPS) is 15.4. The predicted octanol–water partition coefficient (Wildman–Crippen LogP) is 4.42. The lowest BCUT2D eigenvalue weighted by molar-refractivity contribution is -0.115. The van der Waals surface area contributed by atoms with Crippen LogP contribution in [0.3, 0.4) is 0 Å². The molecule has 3 rings (SSSR count). The molecule has 128 valence electrons. The first-order chi connectivity index (χ1) is 12.1. The molecule has 1 N–H and O–H groups in total. The van der Waals surface area contributed by atoms with E-state index in [2.05, 4.69) is 5.32 Å². The SMILES string of the molecule is COc1cc(/C=C2/SC(=S)NC2=O)cc(Cl)c1OCc1ccccc1. The molecule has 0 unspecified atom stereocenters. The zero-order valence-corrected chi connectivity index (χ0v) is 15.6. The van der Waals surface area contributed by atoms with E-state index in [4.69, 9.17) is 33.3 Å². The van der Waals surface area contributed by atoms with Gasteiger partial charge in [0.2, 0.25) is 0 Å². The fourth-order valence-electron chi connectivity index (χ4n) is 2.27. The highest BCUT2D eigenvalue weighted by atomic mass is 35.5. The van der Waals surface area contributed by atoms with Gasteiger partial charge in [-0.1, -0.05) is 65.9 Å². The number of rotatable bonds is 5. The van der Waals surface area contributed by atoms with E-state index in [0.29, 0.717) is 32.4 Å². The van der Waals surface area contributed by atoms with Gasteiger partial charge in [-0.3, -0.25) is 4.79 Å². The summed E-state index contributed by atoms with van der Waals surface area (Å²) in [6, 6.07) is 13.3. The monoisotopic (exact) mass is 391 g/mol. The Kier molecular flexibility index (Phi) is 5.63. The Morgan fingerprint density at radius 1 is 1.28 bits per heavy atom. The largest absolute Gasteiger partial charge is 0.493 e. The third-order valence-corrected chi connectivity index (χ3v) is 4.86. The average molecular weight is 392 g/mol. The number of hydrogen-bond donors (Lipinski definition) is 1. The molecular weight excluding hydrogens is 378 g/mol. The molecule has 1 fully saturated rings. The number of methoxy groups -OCH3 is 1. The van der Waals surface area contributed by atoms with Crippen molar-refractivity contribution in [2.45, 2.75) is 6.61 Å². The Morgan fingerprint density at radius 2 is 2.04 bits per heavy atom. The summed E-state index contributed by atoms with van der Waals surface area (Å²) in [7, 11) is 1.55. The maximum Gasteiger partial charge on any atom is 0.263 e. The number of nitrogens with one attached hydrogen (secondary N) is 1. The van der Waals surface area contributed by atoms with Crippen molar-refractivity contribution in [3.63, 3.8) is 0 Å². The van der Waals surface area contributed by atoms with Crippen LogP contribution in [0.2, 0.25) is 5.02 Å². The van der Waals surface area contributed by atoms with Crippen molar-refractivity contribution in [3.05, 3.63) is 63.5 Å². The molecule has 1 heterocycles. The van der Waals surface area contributed by atoms with E-state index in [9.17, 15) is 4.79 Å². The van der Waals surface area contributed by atoms with E-state index in [-0.39, 0.29) is 5.91 Å². The van der Waals surface area contributed by atoms with Crippen molar-refractivity contribution in [3.8, 4) is 11.5 Å². The minimum absolute atomic E-state index is 0.213. The van der Waals surface area contributed by atoms with E-state index in [1.807, 2.05) is 30.3 Å². The lowest BCUT2D eigenvalue weighted by Gasteiger charge is -2.13. The fourth-order valence-corrected chi connectivity index (χ4v) is 3.58. The summed E-state index contributed by atoms with van der Waals surface area (Å²) in [6.45, 7) is 0.379. The number of carbonyl (C=O) groups is 1. The Bertz CT molecular complexity index is 853. The maximum absolute atomic E-state index is 11.8. The second-order valence-corrected chi connectivity index (χ2v) is 7.29. The first-order valence-corrected chi connectivity index (χ1v) is 8.96. The predicted molar refractivity (Wildman–Crippen MR) is 105 cm³/mol. The minimum atomic E-state index is -0.213.